The van der Waals surface area contributed by atoms with Crippen LogP contribution in [-0.2, 0) is 9.59 Å². The Morgan fingerprint density at radius 1 is 1.39 bits per heavy atom. The number of hydrogen-bond acceptors (Lipinski definition) is 2. The highest BCUT2D eigenvalue weighted by atomic mass is 35.5. The van der Waals surface area contributed by atoms with Gasteiger partial charge in [0, 0.05) is 0 Å². The predicted octanol–water partition coefficient (Wildman–Crippen LogP) is 2.67. The Hall–Kier alpha value is -1.62. The van der Waals surface area contributed by atoms with Gasteiger partial charge in [-0.3, -0.25) is 9.59 Å². The van der Waals surface area contributed by atoms with Crippen molar-refractivity contribution in [3.63, 3.8) is 0 Å². The zero-order valence-corrected chi connectivity index (χ0v) is 10.1. The molecule has 1 aliphatic rings. The first kappa shape index (κ1) is 12.8. The van der Waals surface area contributed by atoms with Gasteiger partial charge in [0.1, 0.15) is 11.2 Å². The lowest BCUT2D eigenvalue weighted by atomic mass is 9.68. The minimum atomic E-state index is -1.44. The Bertz CT molecular complexity index is 494. The molecule has 0 radical (unpaired) electrons. The molecule has 6 heteroatoms. The summed E-state index contributed by atoms with van der Waals surface area (Å²) < 4.78 is 13.5. The van der Waals surface area contributed by atoms with Crippen molar-refractivity contribution < 1.29 is 19.1 Å². The van der Waals surface area contributed by atoms with Crippen LogP contribution in [0.4, 0.5) is 10.1 Å². The van der Waals surface area contributed by atoms with Gasteiger partial charge in [-0.05, 0) is 25.0 Å². The molecule has 1 aromatic rings. The lowest BCUT2D eigenvalue weighted by Crippen LogP contribution is -2.48. The highest BCUT2D eigenvalue weighted by Crippen LogP contribution is 2.42. The number of para-hydroxylation sites is 1. The van der Waals surface area contributed by atoms with E-state index in [-0.39, 0.29) is 23.6 Å². The van der Waals surface area contributed by atoms with Crippen LogP contribution in [0, 0.1) is 11.2 Å². The normalized spacial score (nSPS) is 16.8. The highest BCUT2D eigenvalue weighted by Gasteiger charge is 2.51. The topological polar surface area (TPSA) is 66.4 Å². The first-order chi connectivity index (χ1) is 8.47. The standard InChI is InChI=1S/C12H11ClFNO3/c13-7-3-1-4-8(14)9(7)15-10(16)12(11(17)18)5-2-6-12/h1,3-4H,2,5-6H2,(H,15,16)(H,17,18). The minimum absolute atomic E-state index is 0.0446. The summed E-state index contributed by atoms with van der Waals surface area (Å²) in [5.74, 6) is -2.58. The summed E-state index contributed by atoms with van der Waals surface area (Å²) in [6.07, 6.45) is 1.20. The molecule has 4 nitrogen and oxygen atoms in total. The number of hydrogen-bond donors (Lipinski definition) is 2. The molecule has 1 aliphatic carbocycles. The fraction of sp³-hybridized carbons (Fsp3) is 0.333. The zero-order valence-electron chi connectivity index (χ0n) is 9.37. The van der Waals surface area contributed by atoms with E-state index in [2.05, 4.69) is 5.32 Å². The third-order valence-electron chi connectivity index (χ3n) is 3.25. The number of nitrogens with one attached hydrogen (secondary N) is 1. The van der Waals surface area contributed by atoms with E-state index in [1.807, 2.05) is 0 Å². The molecule has 0 spiro atoms. The summed E-state index contributed by atoms with van der Waals surface area (Å²) in [4.78, 5) is 23.1. The molecule has 0 saturated heterocycles. The van der Waals surface area contributed by atoms with Crippen LogP contribution in [-0.4, -0.2) is 17.0 Å². The quantitative estimate of drug-likeness (QED) is 0.831. The Morgan fingerprint density at radius 2 is 2.06 bits per heavy atom. The van der Waals surface area contributed by atoms with Gasteiger partial charge in [0.2, 0.25) is 5.91 Å². The maximum atomic E-state index is 13.5. The van der Waals surface area contributed by atoms with E-state index < -0.39 is 23.1 Å². The Labute approximate surface area is 108 Å². The molecule has 18 heavy (non-hydrogen) atoms. The van der Waals surface area contributed by atoms with Gasteiger partial charge in [-0.2, -0.15) is 0 Å². The van der Waals surface area contributed by atoms with Gasteiger partial charge in [0.15, 0.2) is 0 Å². The fourth-order valence-corrected chi connectivity index (χ4v) is 2.13. The van der Waals surface area contributed by atoms with Gasteiger partial charge in [-0.15, -0.1) is 0 Å². The predicted molar refractivity (Wildman–Crippen MR) is 64.0 cm³/mol. The van der Waals surface area contributed by atoms with Gasteiger partial charge >= 0.3 is 5.97 Å². The molecule has 0 aliphatic heterocycles. The van der Waals surface area contributed by atoms with Crippen molar-refractivity contribution in [2.75, 3.05) is 5.32 Å². The maximum Gasteiger partial charge on any atom is 0.319 e. The van der Waals surface area contributed by atoms with E-state index in [4.69, 9.17) is 16.7 Å². The van der Waals surface area contributed by atoms with Crippen LogP contribution >= 0.6 is 11.6 Å². The Balaban J connectivity index is 2.24. The molecule has 0 atom stereocenters. The molecule has 1 aromatic carbocycles. The number of carbonyl (C=O) groups excluding carboxylic acids is 1. The smallest absolute Gasteiger partial charge is 0.319 e. The summed E-state index contributed by atoms with van der Waals surface area (Å²) in [7, 11) is 0. The first-order valence-electron chi connectivity index (χ1n) is 5.46. The monoisotopic (exact) mass is 271 g/mol. The molecule has 1 saturated carbocycles. The van der Waals surface area contributed by atoms with Crippen LogP contribution in [0.5, 0.6) is 0 Å². The highest BCUT2D eigenvalue weighted by molar-refractivity contribution is 6.34. The summed E-state index contributed by atoms with van der Waals surface area (Å²) in [6.45, 7) is 0. The number of amides is 1. The minimum Gasteiger partial charge on any atom is -0.480 e. The van der Waals surface area contributed by atoms with Crippen molar-refractivity contribution >= 4 is 29.2 Å². The molecule has 0 aromatic heterocycles. The molecule has 0 heterocycles. The fourth-order valence-electron chi connectivity index (χ4n) is 1.92. The maximum absolute atomic E-state index is 13.5. The molecule has 0 bridgehead atoms. The van der Waals surface area contributed by atoms with Crippen LogP contribution in [0.2, 0.25) is 5.02 Å². The number of carbonyl (C=O) groups is 2. The molecule has 0 unspecified atom stereocenters. The second-order valence-electron chi connectivity index (χ2n) is 4.29. The van der Waals surface area contributed by atoms with Gasteiger partial charge in [-0.1, -0.05) is 24.1 Å². The largest absolute Gasteiger partial charge is 0.480 e. The van der Waals surface area contributed by atoms with E-state index >= 15 is 0 Å². The number of rotatable bonds is 3. The second kappa shape index (κ2) is 4.57. The zero-order chi connectivity index (χ0) is 13.3. The summed E-state index contributed by atoms with van der Waals surface area (Å²) >= 11 is 5.76. The van der Waals surface area contributed by atoms with Crippen molar-refractivity contribution in [3.05, 3.63) is 29.0 Å². The molecule has 2 N–H and O–H groups in total. The van der Waals surface area contributed by atoms with Crippen molar-refractivity contribution in [1.82, 2.24) is 0 Å². The number of carboxylic acid groups (broad SMARTS) is 1. The molecule has 1 fully saturated rings. The molecular formula is C12H11ClFNO3. The van der Waals surface area contributed by atoms with Crippen molar-refractivity contribution in [2.45, 2.75) is 19.3 Å². The summed E-state index contributed by atoms with van der Waals surface area (Å²) in [5, 5.41) is 11.4. The van der Waals surface area contributed by atoms with Crippen LogP contribution < -0.4 is 5.32 Å². The van der Waals surface area contributed by atoms with Gasteiger partial charge in [0.25, 0.3) is 0 Å². The van der Waals surface area contributed by atoms with Crippen LogP contribution in [0.1, 0.15) is 19.3 Å². The van der Waals surface area contributed by atoms with Crippen LogP contribution in [0.3, 0.4) is 0 Å². The Morgan fingerprint density at radius 3 is 2.50 bits per heavy atom. The SMILES string of the molecule is O=C(O)C1(C(=O)Nc2c(F)cccc2Cl)CCC1. The van der Waals surface area contributed by atoms with Crippen LogP contribution in [0.25, 0.3) is 0 Å². The third kappa shape index (κ3) is 1.95. The number of benzene rings is 1. The summed E-state index contributed by atoms with van der Waals surface area (Å²) in [5.41, 5.74) is -1.61. The third-order valence-corrected chi connectivity index (χ3v) is 3.57. The first-order valence-corrected chi connectivity index (χ1v) is 5.84. The van der Waals surface area contributed by atoms with Crippen molar-refractivity contribution in [1.29, 1.82) is 0 Å². The number of anilines is 1. The molecule has 2 rings (SSSR count). The van der Waals surface area contributed by atoms with E-state index in [9.17, 15) is 14.0 Å². The van der Waals surface area contributed by atoms with Crippen molar-refractivity contribution in [3.8, 4) is 0 Å². The number of carboxylic acids is 1. The van der Waals surface area contributed by atoms with E-state index in [1.54, 1.807) is 0 Å². The van der Waals surface area contributed by atoms with Gasteiger partial charge < -0.3 is 10.4 Å². The molecule has 96 valence electrons. The second-order valence-corrected chi connectivity index (χ2v) is 4.70. The van der Waals surface area contributed by atoms with Crippen molar-refractivity contribution in [2.24, 2.45) is 5.41 Å². The average molecular weight is 272 g/mol. The summed E-state index contributed by atoms with van der Waals surface area (Å²) in [6, 6.07) is 3.98. The van der Waals surface area contributed by atoms with E-state index in [0.29, 0.717) is 6.42 Å². The number of aliphatic carboxylic acids is 1. The van der Waals surface area contributed by atoms with E-state index in [0.717, 1.165) is 6.07 Å². The van der Waals surface area contributed by atoms with Gasteiger partial charge in [-0.25, -0.2) is 4.39 Å². The van der Waals surface area contributed by atoms with E-state index in [1.165, 1.54) is 12.1 Å². The average Bonchev–Trinajstić information content (AvgIpc) is 2.21. The van der Waals surface area contributed by atoms with Crippen LogP contribution in [0.15, 0.2) is 18.2 Å². The van der Waals surface area contributed by atoms with Gasteiger partial charge in [0.05, 0.1) is 10.7 Å². The molecular weight excluding hydrogens is 261 g/mol. The lowest BCUT2D eigenvalue weighted by Gasteiger charge is -2.35. The molecule has 1 amide bonds. The Kier molecular flexibility index (Phi) is 3.26. The lowest BCUT2D eigenvalue weighted by molar-refractivity contribution is -0.159. The number of halogens is 2.